The fourth-order valence-electron chi connectivity index (χ4n) is 7.01. The molecule has 2 saturated carbocycles. The highest BCUT2D eigenvalue weighted by molar-refractivity contribution is 5.89. The summed E-state index contributed by atoms with van der Waals surface area (Å²) in [6, 6.07) is 1.46. The van der Waals surface area contributed by atoms with E-state index in [1.54, 1.807) is 27.7 Å². The Labute approximate surface area is 246 Å². The summed E-state index contributed by atoms with van der Waals surface area (Å²) in [7, 11) is 0. The highest BCUT2D eigenvalue weighted by Crippen LogP contribution is 2.68. The smallest absolute Gasteiger partial charge is 0.341 e. The Bertz CT molecular complexity index is 1190. The summed E-state index contributed by atoms with van der Waals surface area (Å²) in [6.45, 7) is 13.1. The van der Waals surface area contributed by atoms with Gasteiger partial charge >= 0.3 is 23.9 Å². The minimum atomic E-state index is -1.69. The maximum atomic E-state index is 13.5. The number of rotatable bonds is 9. The molecule has 1 aromatic rings. The molecule has 42 heavy (non-hydrogen) atoms. The van der Waals surface area contributed by atoms with Crippen LogP contribution < -0.4 is 0 Å². The predicted molar refractivity (Wildman–Crippen MR) is 147 cm³/mol. The highest BCUT2D eigenvalue weighted by atomic mass is 16.6. The number of aliphatic hydroxyl groups is 1. The summed E-state index contributed by atoms with van der Waals surface area (Å²) >= 11 is 0. The van der Waals surface area contributed by atoms with Crippen LogP contribution in [0.3, 0.4) is 0 Å². The fraction of sp³-hybridized carbons (Fsp3) is 0.742. The molecule has 1 N–H and O–H groups in total. The van der Waals surface area contributed by atoms with Crippen molar-refractivity contribution in [3.8, 4) is 0 Å². The summed E-state index contributed by atoms with van der Waals surface area (Å²) in [4.78, 5) is 52.3. The molecule has 8 unspecified atom stereocenters. The van der Waals surface area contributed by atoms with E-state index >= 15 is 0 Å². The lowest BCUT2D eigenvalue weighted by Gasteiger charge is -2.64. The minimum absolute atomic E-state index is 0.128. The molecule has 8 atom stereocenters. The monoisotopic (exact) mass is 592 g/mol. The minimum Gasteiger partial charge on any atom is -0.472 e. The molecule has 0 aromatic carbocycles. The Hall–Kier alpha value is -2.92. The van der Waals surface area contributed by atoms with Crippen LogP contribution in [0.15, 0.2) is 23.0 Å². The van der Waals surface area contributed by atoms with Gasteiger partial charge in [-0.2, -0.15) is 0 Å². The average Bonchev–Trinajstić information content (AvgIpc) is 3.52. The van der Waals surface area contributed by atoms with Gasteiger partial charge in [0.2, 0.25) is 0 Å². The van der Waals surface area contributed by atoms with Crippen LogP contribution in [0.5, 0.6) is 0 Å². The largest absolute Gasteiger partial charge is 0.472 e. The molecule has 2 aliphatic carbocycles. The van der Waals surface area contributed by atoms with Crippen molar-refractivity contribution in [1.82, 2.24) is 0 Å². The number of fused-ring (bicyclic) bond motifs is 1. The molecule has 1 aromatic heterocycles. The van der Waals surface area contributed by atoms with Crippen LogP contribution in [0.2, 0.25) is 0 Å². The van der Waals surface area contributed by atoms with Gasteiger partial charge in [0.15, 0.2) is 6.10 Å². The third kappa shape index (κ3) is 5.23. The number of esters is 4. The van der Waals surface area contributed by atoms with Crippen molar-refractivity contribution in [1.29, 1.82) is 0 Å². The van der Waals surface area contributed by atoms with E-state index in [0.717, 1.165) is 0 Å². The molecule has 1 spiro atoms. The van der Waals surface area contributed by atoms with Crippen molar-refractivity contribution in [2.45, 2.75) is 116 Å². The first kappa shape index (κ1) is 32.0. The molecule has 11 nitrogen and oxygen atoms in total. The van der Waals surface area contributed by atoms with Gasteiger partial charge < -0.3 is 33.2 Å². The van der Waals surface area contributed by atoms with E-state index in [9.17, 15) is 24.3 Å². The Morgan fingerprint density at radius 2 is 1.74 bits per heavy atom. The summed E-state index contributed by atoms with van der Waals surface area (Å²) in [5, 5.41) is 12.3. The van der Waals surface area contributed by atoms with Gasteiger partial charge in [-0.1, -0.05) is 27.7 Å². The Morgan fingerprint density at radius 3 is 2.31 bits per heavy atom. The number of furan rings is 1. The number of carbonyl (C=O) groups is 4. The highest BCUT2D eigenvalue weighted by Gasteiger charge is 2.81. The van der Waals surface area contributed by atoms with Gasteiger partial charge in [-0.15, -0.1) is 0 Å². The van der Waals surface area contributed by atoms with E-state index in [4.69, 9.17) is 28.1 Å². The first-order valence-electron chi connectivity index (χ1n) is 14.7. The van der Waals surface area contributed by atoms with Crippen molar-refractivity contribution >= 4 is 23.9 Å². The fourth-order valence-corrected chi connectivity index (χ4v) is 7.01. The molecule has 4 rings (SSSR count). The zero-order valence-electron chi connectivity index (χ0n) is 25.8. The third-order valence-corrected chi connectivity index (χ3v) is 9.61. The maximum absolute atomic E-state index is 13.5. The van der Waals surface area contributed by atoms with E-state index in [1.807, 2.05) is 20.8 Å². The van der Waals surface area contributed by atoms with Crippen molar-refractivity contribution < 1.29 is 52.4 Å². The second-order valence-corrected chi connectivity index (χ2v) is 13.2. The quantitative estimate of drug-likeness (QED) is 0.328. The zero-order valence-corrected chi connectivity index (χ0v) is 25.8. The molecular weight excluding hydrogens is 548 g/mol. The van der Waals surface area contributed by atoms with E-state index in [2.05, 4.69) is 0 Å². The Balaban J connectivity index is 1.97. The van der Waals surface area contributed by atoms with Crippen LogP contribution in [0.25, 0.3) is 0 Å². The molecule has 11 heteroatoms. The lowest BCUT2D eigenvalue weighted by molar-refractivity contribution is -0.337. The Kier molecular flexibility index (Phi) is 8.61. The lowest BCUT2D eigenvalue weighted by Crippen LogP contribution is -2.80. The van der Waals surface area contributed by atoms with Gasteiger partial charge in [0, 0.05) is 13.3 Å². The molecule has 2 heterocycles. The predicted octanol–water partition coefficient (Wildman–Crippen LogP) is 3.99. The van der Waals surface area contributed by atoms with Gasteiger partial charge in [-0.3, -0.25) is 14.4 Å². The van der Waals surface area contributed by atoms with Crippen LogP contribution in [-0.2, 0) is 38.1 Å². The SMILES string of the molecule is CCC(C)C(=O)OC1C(OC(=O)C(C)C)CC(C)(O)C23CC(CC(OC(=O)c4ccoc4)C12COC(C)=O)C(C)(C)O3. The van der Waals surface area contributed by atoms with E-state index in [-0.39, 0.29) is 24.3 Å². The summed E-state index contributed by atoms with van der Waals surface area (Å²) < 4.78 is 36.0. The van der Waals surface area contributed by atoms with Crippen molar-refractivity contribution in [2.75, 3.05) is 6.61 Å². The van der Waals surface area contributed by atoms with Crippen molar-refractivity contribution in [3.63, 3.8) is 0 Å². The molecule has 0 amide bonds. The zero-order chi connectivity index (χ0) is 31.3. The summed E-state index contributed by atoms with van der Waals surface area (Å²) in [5.74, 6) is -3.69. The number of hydrogen-bond acceptors (Lipinski definition) is 11. The number of hydrogen-bond donors (Lipinski definition) is 1. The Morgan fingerprint density at radius 1 is 1.05 bits per heavy atom. The van der Waals surface area contributed by atoms with Crippen molar-refractivity contribution in [3.05, 3.63) is 24.2 Å². The van der Waals surface area contributed by atoms with Gasteiger partial charge in [-0.25, -0.2) is 4.79 Å². The molecule has 234 valence electrons. The number of ether oxygens (including phenoxy) is 5. The van der Waals surface area contributed by atoms with E-state index in [1.165, 1.54) is 25.5 Å². The molecule has 1 aliphatic heterocycles. The standard InChI is InChI=1S/C31H44O11/c1-9-18(4)26(34)41-24-22(39-25(33)17(2)3)14-29(8,36)31-13-21(28(6,7)42-31)12-23(30(24,31)16-38-19(5)32)40-27(35)20-10-11-37-15-20/h10-11,15,17-18,21-24,36H,9,12-14,16H2,1-8H3. The number of carbonyl (C=O) groups excluding carboxylic acids is 4. The summed E-state index contributed by atoms with van der Waals surface area (Å²) in [6.07, 6.45) is -0.0491. The molecule has 1 saturated heterocycles. The molecule has 2 bridgehead atoms. The lowest BCUT2D eigenvalue weighted by atomic mass is 9.47. The maximum Gasteiger partial charge on any atom is 0.341 e. The second-order valence-electron chi connectivity index (χ2n) is 13.2. The van der Waals surface area contributed by atoms with Gasteiger partial charge in [0.25, 0.3) is 0 Å². The van der Waals surface area contributed by atoms with Crippen LogP contribution >= 0.6 is 0 Å². The second kappa shape index (κ2) is 11.3. The van der Waals surface area contributed by atoms with Crippen molar-refractivity contribution in [2.24, 2.45) is 23.2 Å². The van der Waals surface area contributed by atoms with E-state index < -0.39 is 82.8 Å². The van der Waals surface area contributed by atoms with Crippen LogP contribution in [-0.4, -0.2) is 70.7 Å². The van der Waals surface area contributed by atoms with Crippen LogP contribution in [0.1, 0.15) is 91.4 Å². The third-order valence-electron chi connectivity index (χ3n) is 9.61. The van der Waals surface area contributed by atoms with Gasteiger partial charge in [-0.05, 0) is 52.0 Å². The topological polar surface area (TPSA) is 148 Å². The van der Waals surface area contributed by atoms with Gasteiger partial charge in [0.05, 0.1) is 34.9 Å². The molecular formula is C31H44O11. The molecule has 0 radical (unpaired) electrons. The average molecular weight is 593 g/mol. The van der Waals surface area contributed by atoms with E-state index in [0.29, 0.717) is 12.8 Å². The normalized spacial score (nSPS) is 35.6. The molecule has 3 fully saturated rings. The summed E-state index contributed by atoms with van der Waals surface area (Å²) in [5.41, 5.74) is -5.52. The first-order chi connectivity index (χ1) is 19.5. The van der Waals surface area contributed by atoms with Gasteiger partial charge in [0.1, 0.15) is 36.1 Å². The van der Waals surface area contributed by atoms with Crippen LogP contribution in [0.4, 0.5) is 0 Å². The first-order valence-corrected chi connectivity index (χ1v) is 14.7. The molecule has 3 aliphatic rings. The van der Waals surface area contributed by atoms with Crippen LogP contribution in [0, 0.1) is 23.2 Å².